The van der Waals surface area contributed by atoms with Gasteiger partial charge >= 0.3 is 5.97 Å². The SMILES string of the molecule is Cc1ccc2c(c1)cc(C(=O)O)n2Br. The number of hydrogen-bond donors (Lipinski definition) is 1. The first kappa shape index (κ1) is 9.27. The highest BCUT2D eigenvalue weighted by Gasteiger charge is 2.12. The molecule has 2 aromatic rings. The monoisotopic (exact) mass is 253 g/mol. The minimum Gasteiger partial charge on any atom is -0.477 e. The second-order valence-electron chi connectivity index (χ2n) is 3.18. The van der Waals surface area contributed by atoms with Gasteiger partial charge < -0.3 is 5.11 Å². The lowest BCUT2D eigenvalue weighted by Crippen LogP contribution is -1.99. The van der Waals surface area contributed by atoms with Crippen molar-refractivity contribution >= 4 is 33.0 Å². The van der Waals surface area contributed by atoms with E-state index in [0.717, 1.165) is 16.5 Å². The topological polar surface area (TPSA) is 42.2 Å². The van der Waals surface area contributed by atoms with Gasteiger partial charge in [-0.05, 0) is 25.1 Å². The van der Waals surface area contributed by atoms with Crippen LogP contribution >= 0.6 is 16.1 Å². The summed E-state index contributed by atoms with van der Waals surface area (Å²) in [5.74, 6) is -0.935. The quantitative estimate of drug-likeness (QED) is 0.850. The zero-order valence-corrected chi connectivity index (χ0v) is 9.08. The third-order valence-electron chi connectivity index (χ3n) is 2.12. The number of aromatic carboxylic acids is 1. The van der Waals surface area contributed by atoms with Gasteiger partial charge in [0, 0.05) is 5.39 Å². The Morgan fingerprint density at radius 1 is 1.43 bits per heavy atom. The van der Waals surface area contributed by atoms with Gasteiger partial charge in [0.15, 0.2) is 0 Å². The third-order valence-corrected chi connectivity index (χ3v) is 2.88. The Hall–Kier alpha value is -1.29. The van der Waals surface area contributed by atoms with Gasteiger partial charge in [-0.3, -0.25) is 3.59 Å². The van der Waals surface area contributed by atoms with Crippen molar-refractivity contribution in [3.05, 3.63) is 35.5 Å². The molecule has 14 heavy (non-hydrogen) atoms. The van der Waals surface area contributed by atoms with Crippen LogP contribution in [0, 0.1) is 6.92 Å². The Balaban J connectivity index is 2.79. The minimum absolute atomic E-state index is 0.241. The highest BCUT2D eigenvalue weighted by molar-refractivity contribution is 9.08. The molecule has 0 aliphatic rings. The number of benzene rings is 1. The van der Waals surface area contributed by atoms with E-state index in [9.17, 15) is 4.79 Å². The fourth-order valence-electron chi connectivity index (χ4n) is 1.45. The second kappa shape index (κ2) is 3.13. The van der Waals surface area contributed by atoms with Crippen molar-refractivity contribution in [1.82, 2.24) is 3.59 Å². The summed E-state index contributed by atoms with van der Waals surface area (Å²) < 4.78 is 1.50. The molecule has 0 saturated carbocycles. The molecule has 0 aliphatic heterocycles. The zero-order chi connectivity index (χ0) is 10.3. The Morgan fingerprint density at radius 2 is 2.14 bits per heavy atom. The molecule has 0 radical (unpaired) electrons. The summed E-state index contributed by atoms with van der Waals surface area (Å²) in [6.07, 6.45) is 0. The summed E-state index contributed by atoms with van der Waals surface area (Å²) in [5.41, 5.74) is 2.23. The van der Waals surface area contributed by atoms with Crippen molar-refractivity contribution in [2.75, 3.05) is 0 Å². The van der Waals surface area contributed by atoms with E-state index >= 15 is 0 Å². The van der Waals surface area contributed by atoms with Crippen LogP contribution in [0.4, 0.5) is 0 Å². The summed E-state index contributed by atoms with van der Waals surface area (Å²) >= 11 is 3.21. The summed E-state index contributed by atoms with van der Waals surface area (Å²) in [6.45, 7) is 1.98. The molecule has 0 aliphatic carbocycles. The molecule has 0 fully saturated rings. The van der Waals surface area contributed by atoms with Crippen molar-refractivity contribution < 1.29 is 9.90 Å². The summed E-state index contributed by atoms with van der Waals surface area (Å²) in [7, 11) is 0. The average molecular weight is 254 g/mol. The van der Waals surface area contributed by atoms with Gasteiger partial charge in [0.2, 0.25) is 0 Å². The number of carboxylic acid groups (broad SMARTS) is 1. The highest BCUT2D eigenvalue weighted by atomic mass is 79.9. The largest absolute Gasteiger partial charge is 0.477 e. The molecule has 0 bridgehead atoms. The summed E-state index contributed by atoms with van der Waals surface area (Å²) in [6, 6.07) is 7.45. The lowest BCUT2D eigenvalue weighted by atomic mass is 10.2. The van der Waals surface area contributed by atoms with Gasteiger partial charge in [0.05, 0.1) is 21.7 Å². The third kappa shape index (κ3) is 1.32. The van der Waals surface area contributed by atoms with Crippen LogP contribution in [0.2, 0.25) is 0 Å². The van der Waals surface area contributed by atoms with Crippen LogP contribution in [0.1, 0.15) is 16.1 Å². The summed E-state index contributed by atoms with van der Waals surface area (Å²) in [4.78, 5) is 10.8. The van der Waals surface area contributed by atoms with Crippen LogP contribution in [-0.4, -0.2) is 14.7 Å². The Kier molecular flexibility index (Phi) is 2.07. The highest BCUT2D eigenvalue weighted by Crippen LogP contribution is 2.23. The van der Waals surface area contributed by atoms with Gasteiger partial charge in [0.1, 0.15) is 5.69 Å². The first-order valence-corrected chi connectivity index (χ1v) is 4.82. The zero-order valence-electron chi connectivity index (χ0n) is 7.49. The number of carbonyl (C=O) groups is 1. The molecule has 0 spiro atoms. The molecular weight excluding hydrogens is 246 g/mol. The van der Waals surface area contributed by atoms with Crippen LogP contribution < -0.4 is 0 Å². The van der Waals surface area contributed by atoms with Gasteiger partial charge in [-0.2, -0.15) is 0 Å². The molecule has 0 amide bonds. The predicted octanol–water partition coefficient (Wildman–Crippen LogP) is 2.81. The van der Waals surface area contributed by atoms with E-state index in [0.29, 0.717) is 0 Å². The number of aromatic nitrogens is 1. The fourth-order valence-corrected chi connectivity index (χ4v) is 2.02. The fraction of sp³-hybridized carbons (Fsp3) is 0.100. The first-order valence-electron chi connectivity index (χ1n) is 4.11. The molecular formula is C10H8BrNO2. The predicted molar refractivity (Wildman–Crippen MR) is 58.0 cm³/mol. The molecule has 1 heterocycles. The number of nitrogens with zero attached hydrogens (tertiary/aromatic N) is 1. The smallest absolute Gasteiger partial charge is 0.353 e. The molecule has 1 aromatic carbocycles. The van der Waals surface area contributed by atoms with Gasteiger partial charge in [-0.15, -0.1) is 0 Å². The van der Waals surface area contributed by atoms with E-state index in [4.69, 9.17) is 5.11 Å². The molecule has 1 N–H and O–H groups in total. The molecule has 0 unspecified atom stereocenters. The number of hydrogen-bond acceptors (Lipinski definition) is 1. The van der Waals surface area contributed by atoms with E-state index in [2.05, 4.69) is 16.1 Å². The number of aryl methyl sites for hydroxylation is 1. The Labute approximate surface area is 89.3 Å². The van der Waals surface area contributed by atoms with Crippen LogP contribution in [-0.2, 0) is 0 Å². The van der Waals surface area contributed by atoms with Crippen molar-refractivity contribution in [2.24, 2.45) is 0 Å². The molecule has 1 aromatic heterocycles. The van der Waals surface area contributed by atoms with Crippen LogP contribution in [0.5, 0.6) is 0 Å². The van der Waals surface area contributed by atoms with Crippen LogP contribution in [0.15, 0.2) is 24.3 Å². The Bertz CT molecular complexity index is 516. The number of fused-ring (bicyclic) bond motifs is 1. The number of halogens is 1. The van der Waals surface area contributed by atoms with E-state index in [-0.39, 0.29) is 5.69 Å². The summed E-state index contributed by atoms with van der Waals surface area (Å²) in [5, 5.41) is 9.82. The van der Waals surface area contributed by atoms with Crippen molar-refractivity contribution in [3.8, 4) is 0 Å². The minimum atomic E-state index is -0.935. The normalized spacial score (nSPS) is 10.7. The molecule has 0 saturated heterocycles. The molecule has 3 nitrogen and oxygen atoms in total. The first-order chi connectivity index (χ1) is 6.59. The maximum atomic E-state index is 10.8. The van der Waals surface area contributed by atoms with Crippen LogP contribution in [0.3, 0.4) is 0 Å². The van der Waals surface area contributed by atoms with Gasteiger partial charge in [-0.1, -0.05) is 11.6 Å². The van der Waals surface area contributed by atoms with Crippen molar-refractivity contribution in [1.29, 1.82) is 0 Å². The maximum Gasteiger partial charge on any atom is 0.353 e. The average Bonchev–Trinajstić information content (AvgIpc) is 2.43. The lowest BCUT2D eigenvalue weighted by molar-refractivity contribution is 0.0690. The molecule has 4 heteroatoms. The molecule has 72 valence electrons. The van der Waals surface area contributed by atoms with E-state index in [1.165, 1.54) is 3.59 Å². The Morgan fingerprint density at radius 3 is 2.79 bits per heavy atom. The van der Waals surface area contributed by atoms with E-state index in [1.54, 1.807) is 6.07 Å². The van der Waals surface area contributed by atoms with Gasteiger partial charge in [0.25, 0.3) is 0 Å². The van der Waals surface area contributed by atoms with E-state index < -0.39 is 5.97 Å². The molecule has 0 atom stereocenters. The standard InChI is InChI=1S/C10H8BrNO2/c1-6-2-3-8-7(4-6)5-9(10(13)14)12(8)11/h2-5H,1H3,(H,13,14). The maximum absolute atomic E-state index is 10.8. The van der Waals surface area contributed by atoms with Gasteiger partial charge in [-0.25, -0.2) is 4.79 Å². The molecule has 2 rings (SSSR count). The number of carboxylic acids is 1. The van der Waals surface area contributed by atoms with E-state index in [1.807, 2.05) is 25.1 Å². The van der Waals surface area contributed by atoms with Crippen molar-refractivity contribution in [2.45, 2.75) is 6.92 Å². The second-order valence-corrected chi connectivity index (χ2v) is 3.89. The van der Waals surface area contributed by atoms with Crippen molar-refractivity contribution in [3.63, 3.8) is 0 Å². The number of rotatable bonds is 1. The van der Waals surface area contributed by atoms with Crippen LogP contribution in [0.25, 0.3) is 10.9 Å². The lowest BCUT2D eigenvalue weighted by Gasteiger charge is -1.96.